The van der Waals surface area contributed by atoms with Gasteiger partial charge in [-0.15, -0.1) is 0 Å². The Morgan fingerprint density at radius 2 is 1.88 bits per heavy atom. The number of carbonyl (C=O) groups is 1. The molecule has 0 aliphatic heterocycles. The molecule has 0 unspecified atom stereocenters. The molecule has 3 rings (SSSR count). The van der Waals surface area contributed by atoms with E-state index in [1.807, 2.05) is 0 Å². The van der Waals surface area contributed by atoms with Gasteiger partial charge in [-0.3, -0.25) is 14.9 Å². The van der Waals surface area contributed by atoms with E-state index >= 15 is 0 Å². The third-order valence-electron chi connectivity index (χ3n) is 3.62. The zero-order valence-electron chi connectivity index (χ0n) is 13.2. The highest BCUT2D eigenvalue weighted by Gasteiger charge is 2.17. The van der Waals surface area contributed by atoms with E-state index in [1.165, 1.54) is 6.07 Å². The molecular weight excluding hydrogens is 363 g/mol. The maximum atomic E-state index is 13.3. The number of amides is 1. The van der Waals surface area contributed by atoms with E-state index in [9.17, 15) is 19.3 Å². The van der Waals surface area contributed by atoms with E-state index in [0.717, 1.165) is 17.7 Å². The number of furan rings is 1. The number of rotatable bonds is 5. The van der Waals surface area contributed by atoms with Crippen molar-refractivity contribution >= 4 is 23.2 Å². The Labute approximate surface area is 152 Å². The fourth-order valence-electron chi connectivity index (χ4n) is 2.31. The number of hydrogen-bond acceptors (Lipinski definition) is 4. The molecule has 3 aromatic rings. The lowest BCUT2D eigenvalue weighted by molar-refractivity contribution is -0.387. The van der Waals surface area contributed by atoms with Crippen molar-refractivity contribution in [1.82, 2.24) is 5.32 Å². The number of nitro benzene ring substituents is 1. The molecule has 1 heterocycles. The van der Waals surface area contributed by atoms with Crippen LogP contribution in [-0.2, 0) is 6.54 Å². The van der Waals surface area contributed by atoms with E-state index in [4.69, 9.17) is 16.0 Å². The molecule has 0 aliphatic carbocycles. The van der Waals surface area contributed by atoms with Crippen LogP contribution in [0.4, 0.5) is 10.1 Å². The van der Waals surface area contributed by atoms with Gasteiger partial charge in [0.1, 0.15) is 11.5 Å². The van der Waals surface area contributed by atoms with Crippen molar-refractivity contribution in [2.75, 3.05) is 0 Å². The van der Waals surface area contributed by atoms with Crippen LogP contribution in [0.25, 0.3) is 11.3 Å². The fraction of sp³-hybridized carbons (Fsp3) is 0.0556. The summed E-state index contributed by atoms with van der Waals surface area (Å²) in [6.45, 7) is 0.0809. The van der Waals surface area contributed by atoms with Gasteiger partial charge in [0, 0.05) is 22.2 Å². The molecule has 0 fully saturated rings. The number of hydrogen-bond donors (Lipinski definition) is 1. The van der Waals surface area contributed by atoms with Crippen molar-refractivity contribution < 1.29 is 18.5 Å². The van der Waals surface area contributed by atoms with Crippen LogP contribution in [-0.4, -0.2) is 10.8 Å². The topological polar surface area (TPSA) is 85.4 Å². The molecule has 0 atom stereocenters. The minimum absolute atomic E-state index is 0.0115. The summed E-state index contributed by atoms with van der Waals surface area (Å²) in [7, 11) is 0. The second kappa shape index (κ2) is 7.37. The lowest BCUT2D eigenvalue weighted by Gasteiger charge is -2.04. The minimum Gasteiger partial charge on any atom is -0.459 e. The molecule has 8 heteroatoms. The molecule has 0 saturated carbocycles. The smallest absolute Gasteiger partial charge is 0.305 e. The number of nitrogens with zero attached hydrogens (tertiary/aromatic N) is 1. The third-order valence-corrected chi connectivity index (χ3v) is 3.87. The van der Waals surface area contributed by atoms with Gasteiger partial charge in [0.15, 0.2) is 0 Å². The Kier molecular flexibility index (Phi) is 4.99. The maximum absolute atomic E-state index is 13.3. The minimum atomic E-state index is -0.995. The zero-order chi connectivity index (χ0) is 18.7. The standard InChI is InChI=1S/C18H12ClFN2O4/c19-13-4-1-11(2-5-13)17-8-6-14(26-17)10-21-18(23)12-3-7-15(20)16(9-12)22(24)25/h1-9H,10H2,(H,21,23). The number of benzene rings is 2. The molecule has 26 heavy (non-hydrogen) atoms. The third kappa shape index (κ3) is 3.89. The summed E-state index contributed by atoms with van der Waals surface area (Å²) in [5.74, 6) is -0.453. The molecular formula is C18H12ClFN2O4. The van der Waals surface area contributed by atoms with Gasteiger partial charge in [-0.1, -0.05) is 11.6 Å². The van der Waals surface area contributed by atoms with Crippen LogP contribution in [0, 0.1) is 15.9 Å². The van der Waals surface area contributed by atoms with Gasteiger partial charge < -0.3 is 9.73 Å². The van der Waals surface area contributed by atoms with E-state index in [0.29, 0.717) is 16.5 Å². The first kappa shape index (κ1) is 17.6. The molecule has 6 nitrogen and oxygen atoms in total. The Morgan fingerprint density at radius 1 is 1.15 bits per heavy atom. The van der Waals surface area contributed by atoms with Crippen molar-refractivity contribution in [2.45, 2.75) is 6.54 Å². The number of nitro groups is 1. The first-order valence-electron chi connectivity index (χ1n) is 7.51. The average molecular weight is 375 g/mol. The number of carbonyl (C=O) groups excluding carboxylic acids is 1. The van der Waals surface area contributed by atoms with Gasteiger partial charge in [-0.2, -0.15) is 4.39 Å². The molecule has 0 radical (unpaired) electrons. The van der Waals surface area contributed by atoms with Crippen LogP contribution in [0.5, 0.6) is 0 Å². The quantitative estimate of drug-likeness (QED) is 0.523. The Hall–Kier alpha value is -3.19. The van der Waals surface area contributed by atoms with Gasteiger partial charge in [0.25, 0.3) is 5.91 Å². The zero-order valence-corrected chi connectivity index (χ0v) is 14.0. The van der Waals surface area contributed by atoms with Crippen molar-refractivity contribution in [1.29, 1.82) is 0 Å². The van der Waals surface area contributed by atoms with E-state index in [1.54, 1.807) is 36.4 Å². The first-order chi connectivity index (χ1) is 12.4. The van der Waals surface area contributed by atoms with Gasteiger partial charge in [-0.05, 0) is 48.5 Å². The summed E-state index contributed by atoms with van der Waals surface area (Å²) in [5, 5.41) is 13.9. The monoisotopic (exact) mass is 374 g/mol. The van der Waals surface area contributed by atoms with Crippen LogP contribution in [0.15, 0.2) is 59.0 Å². The van der Waals surface area contributed by atoms with Crippen LogP contribution < -0.4 is 5.32 Å². The normalized spacial score (nSPS) is 10.5. The molecule has 0 saturated heterocycles. The molecule has 2 aromatic carbocycles. The van der Waals surface area contributed by atoms with Crippen molar-refractivity contribution in [3.05, 3.63) is 86.9 Å². The van der Waals surface area contributed by atoms with E-state index in [-0.39, 0.29) is 12.1 Å². The predicted molar refractivity (Wildman–Crippen MR) is 93.4 cm³/mol. The second-order valence-corrected chi connectivity index (χ2v) is 5.82. The molecule has 1 aromatic heterocycles. The molecule has 1 amide bonds. The van der Waals surface area contributed by atoms with Crippen molar-refractivity contribution in [2.24, 2.45) is 0 Å². The summed E-state index contributed by atoms with van der Waals surface area (Å²) in [5.41, 5.74) is 0.0735. The molecule has 1 N–H and O–H groups in total. The summed E-state index contributed by atoms with van der Waals surface area (Å²) in [6, 6.07) is 13.5. The van der Waals surface area contributed by atoms with Crippen LogP contribution >= 0.6 is 11.6 Å². The van der Waals surface area contributed by atoms with Gasteiger partial charge in [0.05, 0.1) is 11.5 Å². The lowest BCUT2D eigenvalue weighted by atomic mass is 10.2. The van der Waals surface area contributed by atoms with Crippen molar-refractivity contribution in [3.63, 3.8) is 0 Å². The lowest BCUT2D eigenvalue weighted by Crippen LogP contribution is -2.22. The highest BCUT2D eigenvalue weighted by atomic mass is 35.5. The number of halogens is 2. The molecule has 0 aliphatic rings. The first-order valence-corrected chi connectivity index (χ1v) is 7.88. The number of nitrogens with one attached hydrogen (secondary N) is 1. The Bertz CT molecular complexity index is 970. The largest absolute Gasteiger partial charge is 0.459 e. The van der Waals surface area contributed by atoms with E-state index < -0.39 is 22.3 Å². The average Bonchev–Trinajstić information content (AvgIpc) is 3.09. The van der Waals surface area contributed by atoms with Gasteiger partial charge in [0.2, 0.25) is 5.82 Å². The van der Waals surface area contributed by atoms with Crippen LogP contribution in [0.1, 0.15) is 16.1 Å². The second-order valence-electron chi connectivity index (χ2n) is 5.38. The van der Waals surface area contributed by atoms with Gasteiger partial charge in [-0.25, -0.2) is 0 Å². The fourth-order valence-corrected chi connectivity index (χ4v) is 2.43. The Balaban J connectivity index is 1.68. The highest BCUT2D eigenvalue weighted by molar-refractivity contribution is 6.30. The maximum Gasteiger partial charge on any atom is 0.305 e. The SMILES string of the molecule is O=C(NCc1ccc(-c2ccc(Cl)cc2)o1)c1ccc(F)c([N+](=O)[O-])c1. The summed E-state index contributed by atoms with van der Waals surface area (Å²) < 4.78 is 19.0. The van der Waals surface area contributed by atoms with E-state index in [2.05, 4.69) is 5.32 Å². The predicted octanol–water partition coefficient (Wildman–Crippen LogP) is 4.58. The Morgan fingerprint density at radius 3 is 2.58 bits per heavy atom. The summed E-state index contributed by atoms with van der Waals surface area (Å²) >= 11 is 5.84. The molecule has 0 spiro atoms. The van der Waals surface area contributed by atoms with Crippen LogP contribution in [0.2, 0.25) is 5.02 Å². The summed E-state index contributed by atoms with van der Waals surface area (Å²) in [4.78, 5) is 22.0. The van der Waals surface area contributed by atoms with Gasteiger partial charge >= 0.3 is 5.69 Å². The molecule has 0 bridgehead atoms. The van der Waals surface area contributed by atoms with Crippen LogP contribution in [0.3, 0.4) is 0 Å². The molecule has 132 valence electrons. The summed E-state index contributed by atoms with van der Waals surface area (Å²) in [6.07, 6.45) is 0. The van der Waals surface area contributed by atoms with Crippen molar-refractivity contribution in [3.8, 4) is 11.3 Å². The highest BCUT2D eigenvalue weighted by Crippen LogP contribution is 2.24.